The molecule has 7 heteroatoms. The lowest BCUT2D eigenvalue weighted by Gasteiger charge is -2.27. The second kappa shape index (κ2) is 10.7. The van der Waals surface area contributed by atoms with Gasteiger partial charge in [-0.15, -0.1) is 0 Å². The highest BCUT2D eigenvalue weighted by molar-refractivity contribution is 7.92. The van der Waals surface area contributed by atoms with Crippen molar-refractivity contribution < 1.29 is 17.9 Å². The number of benzene rings is 2. The van der Waals surface area contributed by atoms with E-state index in [-0.39, 0.29) is 17.3 Å². The van der Waals surface area contributed by atoms with Gasteiger partial charge in [-0.3, -0.25) is 9.10 Å². The van der Waals surface area contributed by atoms with Crippen molar-refractivity contribution in [1.29, 1.82) is 0 Å². The monoisotopic (exact) mass is 444 g/mol. The first-order chi connectivity index (χ1) is 14.9. The van der Waals surface area contributed by atoms with E-state index in [1.54, 1.807) is 48.5 Å². The topological polar surface area (TPSA) is 75.7 Å². The van der Waals surface area contributed by atoms with Gasteiger partial charge >= 0.3 is 0 Å². The molecule has 168 valence electrons. The number of sulfonamides is 1. The van der Waals surface area contributed by atoms with Gasteiger partial charge < -0.3 is 10.1 Å². The van der Waals surface area contributed by atoms with Crippen molar-refractivity contribution in [2.45, 2.75) is 50.8 Å². The minimum absolute atomic E-state index is 0.143. The number of nitrogens with zero attached hydrogens (tertiary/aromatic N) is 1. The Morgan fingerprint density at radius 1 is 1.06 bits per heavy atom. The fourth-order valence-electron chi connectivity index (χ4n) is 3.91. The second-order valence-corrected chi connectivity index (χ2v) is 9.90. The summed E-state index contributed by atoms with van der Waals surface area (Å²) in [5, 5.41) is 2.95. The third kappa shape index (κ3) is 6.00. The van der Waals surface area contributed by atoms with Crippen LogP contribution in [0, 0.1) is 12.8 Å². The summed E-state index contributed by atoms with van der Waals surface area (Å²) in [5.41, 5.74) is 1.32. The number of hydrogen-bond donors (Lipinski definition) is 1. The van der Waals surface area contributed by atoms with Gasteiger partial charge in [-0.2, -0.15) is 0 Å². The van der Waals surface area contributed by atoms with E-state index in [0.29, 0.717) is 30.5 Å². The molecule has 2 aromatic rings. The molecule has 31 heavy (non-hydrogen) atoms. The minimum atomic E-state index is -3.96. The van der Waals surface area contributed by atoms with Gasteiger partial charge in [0.05, 0.1) is 17.2 Å². The Morgan fingerprint density at radius 2 is 1.74 bits per heavy atom. The van der Waals surface area contributed by atoms with E-state index in [0.717, 1.165) is 22.7 Å². The van der Waals surface area contributed by atoms with Crippen LogP contribution in [-0.2, 0) is 14.8 Å². The zero-order chi connectivity index (χ0) is 22.3. The summed E-state index contributed by atoms with van der Waals surface area (Å²) in [6.45, 7) is 4.42. The van der Waals surface area contributed by atoms with Gasteiger partial charge in [0.25, 0.3) is 10.0 Å². The molecule has 0 spiro atoms. The van der Waals surface area contributed by atoms with Gasteiger partial charge in [0.2, 0.25) is 5.91 Å². The molecule has 1 N–H and O–H groups in total. The molecule has 0 atom stereocenters. The molecular formula is C24H32N2O4S. The van der Waals surface area contributed by atoms with E-state index in [2.05, 4.69) is 5.32 Å². The number of aryl methyl sites for hydroxylation is 1. The lowest BCUT2D eigenvalue weighted by atomic mass is 9.89. The first-order valence-electron chi connectivity index (χ1n) is 11.0. The molecular weight excluding hydrogens is 412 g/mol. The van der Waals surface area contributed by atoms with Crippen molar-refractivity contribution in [2.75, 3.05) is 24.0 Å². The number of rotatable bonds is 9. The quantitative estimate of drug-likeness (QED) is 0.626. The summed E-state index contributed by atoms with van der Waals surface area (Å²) in [6, 6.07) is 13.6. The zero-order valence-corrected chi connectivity index (χ0v) is 19.2. The van der Waals surface area contributed by atoms with Crippen LogP contribution in [-0.4, -0.2) is 34.0 Å². The summed E-state index contributed by atoms with van der Waals surface area (Å²) in [7, 11) is -3.96. The Labute approximate surface area is 185 Å². The third-order valence-corrected chi connectivity index (χ3v) is 7.42. The van der Waals surface area contributed by atoms with E-state index in [9.17, 15) is 13.2 Å². The third-order valence-electron chi connectivity index (χ3n) is 5.64. The molecule has 0 radical (unpaired) electrons. The number of amides is 1. The normalized spacial score (nSPS) is 14.8. The molecule has 0 unspecified atom stereocenters. The standard InChI is InChI=1S/C24H32N2O4S/c1-3-30-23-12-8-7-11-22(23)26(31(28,29)21-15-13-19(2)14-16-21)18-24(27)25-17-20-9-5-4-6-10-20/h7-8,11-16,20H,3-6,9-10,17-18H2,1-2H3,(H,25,27). The molecule has 2 aromatic carbocycles. The van der Waals surface area contributed by atoms with E-state index in [1.165, 1.54) is 19.3 Å². The number of ether oxygens (including phenoxy) is 1. The molecule has 1 aliphatic rings. The predicted molar refractivity (Wildman–Crippen MR) is 123 cm³/mol. The number of hydrogen-bond acceptors (Lipinski definition) is 4. The number of anilines is 1. The van der Waals surface area contributed by atoms with Crippen molar-refractivity contribution >= 4 is 21.6 Å². The van der Waals surface area contributed by atoms with Gasteiger partial charge in [0.15, 0.2) is 0 Å². The molecule has 1 amide bonds. The van der Waals surface area contributed by atoms with Crippen LogP contribution < -0.4 is 14.4 Å². The number of para-hydroxylation sites is 2. The molecule has 0 bridgehead atoms. The molecule has 3 rings (SSSR count). The summed E-state index contributed by atoms with van der Waals surface area (Å²) < 4.78 is 33.9. The van der Waals surface area contributed by atoms with E-state index in [4.69, 9.17) is 4.74 Å². The highest BCUT2D eigenvalue weighted by Crippen LogP contribution is 2.32. The second-order valence-electron chi connectivity index (χ2n) is 8.03. The van der Waals surface area contributed by atoms with Crippen molar-refractivity contribution in [3.8, 4) is 5.75 Å². The van der Waals surface area contributed by atoms with Gasteiger partial charge in [-0.25, -0.2) is 8.42 Å². The summed E-state index contributed by atoms with van der Waals surface area (Å²) in [5.74, 6) is 0.587. The van der Waals surface area contributed by atoms with Crippen LogP contribution in [0.2, 0.25) is 0 Å². The average molecular weight is 445 g/mol. The largest absolute Gasteiger partial charge is 0.492 e. The maximum absolute atomic E-state index is 13.5. The maximum atomic E-state index is 13.5. The average Bonchev–Trinajstić information content (AvgIpc) is 2.78. The predicted octanol–water partition coefficient (Wildman–Crippen LogP) is 4.29. The summed E-state index contributed by atoms with van der Waals surface area (Å²) in [6.07, 6.45) is 5.85. The van der Waals surface area contributed by atoms with Gasteiger partial charge in [-0.1, -0.05) is 49.1 Å². The van der Waals surface area contributed by atoms with E-state index in [1.807, 2.05) is 13.8 Å². The molecule has 6 nitrogen and oxygen atoms in total. The molecule has 1 aliphatic carbocycles. The Hall–Kier alpha value is -2.54. The minimum Gasteiger partial charge on any atom is -0.492 e. The first kappa shape index (κ1) is 23.1. The Bertz CT molecular complexity index is 967. The number of carbonyl (C=O) groups excluding carboxylic acids is 1. The van der Waals surface area contributed by atoms with Crippen LogP contribution in [0.5, 0.6) is 5.75 Å². The zero-order valence-electron chi connectivity index (χ0n) is 18.3. The van der Waals surface area contributed by atoms with Gasteiger partial charge in [0.1, 0.15) is 12.3 Å². The number of carbonyl (C=O) groups is 1. The molecule has 0 aliphatic heterocycles. The van der Waals surface area contributed by atoms with E-state index < -0.39 is 10.0 Å². The van der Waals surface area contributed by atoms with Crippen molar-refractivity contribution in [2.24, 2.45) is 5.92 Å². The maximum Gasteiger partial charge on any atom is 0.264 e. The highest BCUT2D eigenvalue weighted by atomic mass is 32.2. The first-order valence-corrected chi connectivity index (χ1v) is 12.4. The molecule has 0 saturated heterocycles. The van der Waals surface area contributed by atoms with Crippen LogP contribution in [0.1, 0.15) is 44.6 Å². The van der Waals surface area contributed by atoms with Crippen molar-refractivity contribution in [1.82, 2.24) is 5.32 Å². The Morgan fingerprint density at radius 3 is 2.42 bits per heavy atom. The molecule has 1 fully saturated rings. The van der Waals surface area contributed by atoms with E-state index >= 15 is 0 Å². The highest BCUT2D eigenvalue weighted by Gasteiger charge is 2.29. The Kier molecular flexibility index (Phi) is 7.96. The lowest BCUT2D eigenvalue weighted by Crippen LogP contribution is -2.42. The van der Waals surface area contributed by atoms with Crippen LogP contribution in [0.15, 0.2) is 53.4 Å². The summed E-state index contributed by atoms with van der Waals surface area (Å²) in [4.78, 5) is 13.0. The Balaban J connectivity index is 1.87. The SMILES string of the molecule is CCOc1ccccc1N(CC(=O)NCC1CCCCC1)S(=O)(=O)c1ccc(C)cc1. The lowest BCUT2D eigenvalue weighted by molar-refractivity contribution is -0.119. The van der Waals surface area contributed by atoms with Gasteiger partial charge in [0, 0.05) is 6.54 Å². The summed E-state index contributed by atoms with van der Waals surface area (Å²) >= 11 is 0. The van der Waals surface area contributed by atoms with Crippen molar-refractivity contribution in [3.05, 3.63) is 54.1 Å². The fraction of sp³-hybridized carbons (Fsp3) is 0.458. The molecule has 1 saturated carbocycles. The fourth-order valence-corrected chi connectivity index (χ4v) is 5.35. The van der Waals surface area contributed by atoms with Crippen LogP contribution in [0.25, 0.3) is 0 Å². The van der Waals surface area contributed by atoms with Crippen molar-refractivity contribution in [3.63, 3.8) is 0 Å². The molecule has 0 aromatic heterocycles. The smallest absolute Gasteiger partial charge is 0.264 e. The number of nitrogens with one attached hydrogen (secondary N) is 1. The van der Waals surface area contributed by atoms with Crippen LogP contribution in [0.4, 0.5) is 5.69 Å². The van der Waals surface area contributed by atoms with Crippen LogP contribution >= 0.6 is 0 Å². The van der Waals surface area contributed by atoms with Crippen LogP contribution in [0.3, 0.4) is 0 Å². The van der Waals surface area contributed by atoms with Gasteiger partial charge in [-0.05, 0) is 56.9 Å². The molecule has 0 heterocycles.